The van der Waals surface area contributed by atoms with E-state index < -0.39 is 17.0 Å². The average molecular weight is 478 g/mol. The standard InChI is InChI=1S/C27H31N3O5/c1-26(2,3)35-25(33)30-13-11-27(12-14-30)16-21-15-20(17-28-23(21)29-24(27)32)9-10-22(31)34-18-19-7-5-4-6-8-19/h4-10,15,17H,11-14,16,18H2,1-3H3,(H,28,29,32)/b10-9+. The lowest BCUT2D eigenvalue weighted by Crippen LogP contribution is -2.51. The van der Waals surface area contributed by atoms with Crippen LogP contribution < -0.4 is 5.32 Å². The monoisotopic (exact) mass is 477 g/mol. The van der Waals surface area contributed by atoms with Gasteiger partial charge in [0.05, 0.1) is 5.41 Å². The second-order valence-electron chi connectivity index (χ2n) is 10.1. The smallest absolute Gasteiger partial charge is 0.410 e. The molecule has 1 fully saturated rings. The zero-order chi connectivity index (χ0) is 25.1. The Bertz CT molecular complexity index is 1130. The number of aromatic nitrogens is 1. The van der Waals surface area contributed by atoms with Crippen molar-refractivity contribution in [3.8, 4) is 0 Å². The number of hydrogen-bond acceptors (Lipinski definition) is 6. The van der Waals surface area contributed by atoms with E-state index in [2.05, 4.69) is 10.3 Å². The number of amides is 2. The summed E-state index contributed by atoms with van der Waals surface area (Å²) in [5, 5.41) is 2.93. The van der Waals surface area contributed by atoms with Crippen molar-refractivity contribution in [2.45, 2.75) is 52.2 Å². The Labute approximate surface area is 205 Å². The lowest BCUT2D eigenvalue weighted by molar-refractivity contribution is -0.138. The average Bonchev–Trinajstić information content (AvgIpc) is 2.82. The summed E-state index contributed by atoms with van der Waals surface area (Å²) in [7, 11) is 0. The highest BCUT2D eigenvalue weighted by Crippen LogP contribution is 2.41. The van der Waals surface area contributed by atoms with E-state index in [-0.39, 0.29) is 18.6 Å². The number of anilines is 1. The van der Waals surface area contributed by atoms with E-state index in [1.165, 1.54) is 6.08 Å². The number of fused-ring (bicyclic) bond motifs is 1. The van der Waals surface area contributed by atoms with Gasteiger partial charge in [0.15, 0.2) is 0 Å². The van der Waals surface area contributed by atoms with Crippen LogP contribution in [0.2, 0.25) is 0 Å². The minimum atomic E-state index is -0.593. The van der Waals surface area contributed by atoms with Crippen LogP contribution >= 0.6 is 0 Å². The minimum absolute atomic E-state index is 0.0610. The molecule has 0 bridgehead atoms. The first-order valence-corrected chi connectivity index (χ1v) is 11.8. The predicted octanol–water partition coefficient (Wildman–Crippen LogP) is 4.35. The van der Waals surface area contributed by atoms with Gasteiger partial charge in [0.2, 0.25) is 5.91 Å². The first-order chi connectivity index (χ1) is 16.6. The van der Waals surface area contributed by atoms with E-state index in [9.17, 15) is 14.4 Å². The van der Waals surface area contributed by atoms with Crippen molar-refractivity contribution in [3.63, 3.8) is 0 Å². The second kappa shape index (κ2) is 9.90. The third kappa shape index (κ3) is 6.07. The third-order valence-electron chi connectivity index (χ3n) is 6.24. The fourth-order valence-corrected chi connectivity index (χ4v) is 4.34. The van der Waals surface area contributed by atoms with E-state index in [1.807, 2.05) is 57.2 Å². The third-order valence-corrected chi connectivity index (χ3v) is 6.24. The van der Waals surface area contributed by atoms with Crippen LogP contribution in [0.5, 0.6) is 0 Å². The van der Waals surface area contributed by atoms with Crippen molar-refractivity contribution in [2.24, 2.45) is 5.41 Å². The Morgan fingerprint density at radius 2 is 1.89 bits per heavy atom. The van der Waals surface area contributed by atoms with Gasteiger partial charge in [0.1, 0.15) is 18.0 Å². The van der Waals surface area contributed by atoms with Gasteiger partial charge in [-0.2, -0.15) is 0 Å². The molecule has 0 unspecified atom stereocenters. The molecule has 2 aliphatic heterocycles. The Kier molecular flexibility index (Phi) is 6.91. The zero-order valence-electron chi connectivity index (χ0n) is 20.4. The lowest BCUT2D eigenvalue weighted by Gasteiger charge is -2.43. The Hall–Kier alpha value is -3.68. The number of piperidine rings is 1. The van der Waals surface area contributed by atoms with Crippen LogP contribution in [0, 0.1) is 5.41 Å². The van der Waals surface area contributed by atoms with Crippen molar-refractivity contribution in [2.75, 3.05) is 18.4 Å². The van der Waals surface area contributed by atoms with Gasteiger partial charge >= 0.3 is 12.1 Å². The van der Waals surface area contributed by atoms with Crippen molar-refractivity contribution in [1.82, 2.24) is 9.88 Å². The number of carbonyl (C=O) groups excluding carboxylic acids is 3. The predicted molar refractivity (Wildman–Crippen MR) is 131 cm³/mol. The van der Waals surface area contributed by atoms with Crippen molar-refractivity contribution >= 4 is 29.9 Å². The largest absolute Gasteiger partial charge is 0.458 e. The minimum Gasteiger partial charge on any atom is -0.458 e. The fraction of sp³-hybridized carbons (Fsp3) is 0.407. The van der Waals surface area contributed by atoms with Gasteiger partial charge in [0, 0.05) is 25.4 Å². The number of carbonyl (C=O) groups is 3. The molecule has 2 amide bonds. The number of rotatable bonds is 4. The summed E-state index contributed by atoms with van der Waals surface area (Å²) in [6.45, 7) is 6.63. The second-order valence-corrected chi connectivity index (χ2v) is 10.1. The molecular weight excluding hydrogens is 446 g/mol. The van der Waals surface area contributed by atoms with Gasteiger partial charge in [-0.25, -0.2) is 14.6 Å². The maximum atomic E-state index is 13.0. The van der Waals surface area contributed by atoms with Crippen LogP contribution in [0.4, 0.5) is 10.6 Å². The van der Waals surface area contributed by atoms with Gasteiger partial charge < -0.3 is 19.7 Å². The molecule has 0 radical (unpaired) electrons. The number of hydrogen-bond donors (Lipinski definition) is 1. The van der Waals surface area contributed by atoms with E-state index in [0.29, 0.717) is 38.2 Å². The normalized spacial score (nSPS) is 17.1. The molecule has 1 saturated heterocycles. The fourth-order valence-electron chi connectivity index (χ4n) is 4.34. The van der Waals surface area contributed by atoms with Crippen molar-refractivity contribution in [1.29, 1.82) is 0 Å². The number of likely N-dealkylation sites (tertiary alicyclic amines) is 1. The first-order valence-electron chi connectivity index (χ1n) is 11.8. The quantitative estimate of drug-likeness (QED) is 0.519. The zero-order valence-corrected chi connectivity index (χ0v) is 20.4. The molecule has 184 valence electrons. The first kappa shape index (κ1) is 24.4. The van der Waals surface area contributed by atoms with E-state index >= 15 is 0 Å². The number of nitrogens with zero attached hydrogens (tertiary/aromatic N) is 2. The molecule has 2 aliphatic rings. The SMILES string of the molecule is CC(C)(C)OC(=O)N1CCC2(CC1)Cc1cc(/C=C/C(=O)OCc3ccccc3)cnc1NC2=O. The highest BCUT2D eigenvalue weighted by molar-refractivity contribution is 5.98. The summed E-state index contributed by atoms with van der Waals surface area (Å²) in [5.74, 6) is 0.0407. The molecule has 4 rings (SSSR count). The number of nitrogens with one attached hydrogen (secondary N) is 1. The molecule has 8 nitrogen and oxygen atoms in total. The number of esters is 1. The van der Waals surface area contributed by atoms with Crippen LogP contribution in [0.15, 0.2) is 48.7 Å². The van der Waals surface area contributed by atoms with Crippen LogP contribution in [-0.4, -0.2) is 46.5 Å². The highest BCUT2D eigenvalue weighted by Gasteiger charge is 2.46. The van der Waals surface area contributed by atoms with Crippen molar-refractivity contribution in [3.05, 3.63) is 65.4 Å². The molecule has 0 atom stereocenters. The summed E-state index contributed by atoms with van der Waals surface area (Å²) >= 11 is 0. The molecule has 1 spiro atoms. The van der Waals surface area contributed by atoms with Gasteiger partial charge in [-0.15, -0.1) is 0 Å². The maximum Gasteiger partial charge on any atom is 0.410 e. The Balaban J connectivity index is 1.38. The topological polar surface area (TPSA) is 97.8 Å². The van der Waals surface area contributed by atoms with E-state index in [4.69, 9.17) is 9.47 Å². The lowest BCUT2D eigenvalue weighted by atomic mass is 9.71. The molecule has 0 aliphatic carbocycles. The number of pyridine rings is 1. The molecule has 1 aromatic carbocycles. The Morgan fingerprint density at radius 3 is 2.57 bits per heavy atom. The molecule has 1 aromatic heterocycles. The maximum absolute atomic E-state index is 13.0. The van der Waals surface area contributed by atoms with Gasteiger partial charge in [-0.1, -0.05) is 30.3 Å². The molecule has 0 saturated carbocycles. The molecule has 3 heterocycles. The van der Waals surface area contributed by atoms with Gasteiger partial charge in [-0.05, 0) is 68.9 Å². The number of benzene rings is 1. The van der Waals surface area contributed by atoms with Gasteiger partial charge in [0.25, 0.3) is 0 Å². The molecular formula is C27H31N3O5. The molecule has 1 N–H and O–H groups in total. The summed E-state index contributed by atoms with van der Waals surface area (Å²) in [6, 6.07) is 11.4. The molecule has 35 heavy (non-hydrogen) atoms. The van der Waals surface area contributed by atoms with Crippen LogP contribution in [0.3, 0.4) is 0 Å². The summed E-state index contributed by atoms with van der Waals surface area (Å²) in [6.07, 6.45) is 5.93. The molecule has 2 aromatic rings. The van der Waals surface area contributed by atoms with E-state index in [0.717, 1.165) is 16.7 Å². The highest BCUT2D eigenvalue weighted by atomic mass is 16.6. The number of ether oxygens (including phenoxy) is 2. The molecule has 8 heteroatoms. The van der Waals surface area contributed by atoms with Crippen LogP contribution in [0.1, 0.15) is 50.3 Å². The summed E-state index contributed by atoms with van der Waals surface area (Å²) in [5.41, 5.74) is 1.43. The summed E-state index contributed by atoms with van der Waals surface area (Å²) < 4.78 is 10.8. The van der Waals surface area contributed by atoms with Crippen LogP contribution in [-0.2, 0) is 32.1 Å². The van der Waals surface area contributed by atoms with Gasteiger partial charge in [-0.3, -0.25) is 4.79 Å². The summed E-state index contributed by atoms with van der Waals surface area (Å²) in [4.78, 5) is 43.5. The van der Waals surface area contributed by atoms with Crippen LogP contribution in [0.25, 0.3) is 6.08 Å². The van der Waals surface area contributed by atoms with E-state index in [1.54, 1.807) is 17.2 Å². The van der Waals surface area contributed by atoms with Crippen molar-refractivity contribution < 1.29 is 23.9 Å². The Morgan fingerprint density at radius 1 is 1.17 bits per heavy atom.